The maximum absolute atomic E-state index is 13.2. The Kier molecular flexibility index (Phi) is 3.96. The molecule has 0 aliphatic carbocycles. The van der Waals surface area contributed by atoms with Gasteiger partial charge >= 0.3 is 0 Å². The Morgan fingerprint density at radius 1 is 1.05 bits per heavy atom. The third-order valence-corrected chi connectivity index (χ3v) is 3.06. The first kappa shape index (κ1) is 14.0. The van der Waals surface area contributed by atoms with E-state index in [0.29, 0.717) is 11.5 Å². The molecule has 0 unspecified atom stereocenters. The van der Waals surface area contributed by atoms with E-state index in [4.69, 9.17) is 9.15 Å². The standard InChI is InChI=1S/C17H13FN2O2/c1-21-15-8-3-2-5-12(15)9-10-16-19-20-17(22-16)13-6-4-7-14(18)11-13/h2-11H,1H3/b10-9+. The van der Waals surface area contributed by atoms with Gasteiger partial charge in [-0.2, -0.15) is 0 Å². The summed E-state index contributed by atoms with van der Waals surface area (Å²) >= 11 is 0. The molecular weight excluding hydrogens is 283 g/mol. The first-order chi connectivity index (χ1) is 10.8. The minimum absolute atomic E-state index is 0.277. The predicted molar refractivity (Wildman–Crippen MR) is 81.6 cm³/mol. The van der Waals surface area contributed by atoms with Crippen molar-refractivity contribution < 1.29 is 13.5 Å². The van der Waals surface area contributed by atoms with E-state index in [1.54, 1.807) is 25.3 Å². The van der Waals surface area contributed by atoms with Crippen molar-refractivity contribution in [2.24, 2.45) is 0 Å². The van der Waals surface area contributed by atoms with Crippen molar-refractivity contribution in [1.82, 2.24) is 10.2 Å². The molecule has 0 atom stereocenters. The van der Waals surface area contributed by atoms with Gasteiger partial charge in [0.25, 0.3) is 0 Å². The van der Waals surface area contributed by atoms with Crippen LogP contribution < -0.4 is 4.74 Å². The maximum Gasteiger partial charge on any atom is 0.248 e. The van der Waals surface area contributed by atoms with Crippen LogP contribution in [0.3, 0.4) is 0 Å². The van der Waals surface area contributed by atoms with E-state index in [1.807, 2.05) is 30.3 Å². The zero-order valence-electron chi connectivity index (χ0n) is 11.9. The fourth-order valence-electron chi connectivity index (χ4n) is 2.01. The highest BCUT2D eigenvalue weighted by atomic mass is 19.1. The van der Waals surface area contributed by atoms with Gasteiger partial charge in [-0.1, -0.05) is 24.3 Å². The van der Waals surface area contributed by atoms with Gasteiger partial charge in [-0.05, 0) is 30.3 Å². The Morgan fingerprint density at radius 3 is 2.73 bits per heavy atom. The maximum atomic E-state index is 13.2. The van der Waals surface area contributed by atoms with Crippen molar-refractivity contribution in [2.45, 2.75) is 0 Å². The molecule has 0 saturated carbocycles. The largest absolute Gasteiger partial charge is 0.496 e. The first-order valence-electron chi connectivity index (χ1n) is 6.67. The molecule has 0 amide bonds. The number of para-hydroxylation sites is 1. The van der Waals surface area contributed by atoms with Gasteiger partial charge in [0, 0.05) is 17.2 Å². The molecule has 2 aromatic carbocycles. The molecule has 0 radical (unpaired) electrons. The van der Waals surface area contributed by atoms with Crippen molar-refractivity contribution in [3.05, 3.63) is 65.8 Å². The Balaban J connectivity index is 1.84. The number of benzene rings is 2. The summed E-state index contributed by atoms with van der Waals surface area (Å²) < 4.78 is 24.0. The topological polar surface area (TPSA) is 48.2 Å². The molecule has 3 rings (SSSR count). The monoisotopic (exact) mass is 296 g/mol. The van der Waals surface area contributed by atoms with Gasteiger partial charge in [-0.15, -0.1) is 10.2 Å². The summed E-state index contributed by atoms with van der Waals surface area (Å²) in [6, 6.07) is 13.6. The second kappa shape index (κ2) is 6.22. The lowest BCUT2D eigenvalue weighted by Gasteiger charge is -2.02. The van der Waals surface area contributed by atoms with Gasteiger partial charge in [0.1, 0.15) is 11.6 Å². The fraction of sp³-hybridized carbons (Fsp3) is 0.0588. The Bertz CT molecular complexity index is 812. The predicted octanol–water partition coefficient (Wildman–Crippen LogP) is 4.05. The summed E-state index contributed by atoms with van der Waals surface area (Å²) in [5.41, 5.74) is 1.44. The second-order valence-corrected chi connectivity index (χ2v) is 4.53. The molecule has 0 aliphatic heterocycles. The highest BCUT2D eigenvalue weighted by molar-refractivity contribution is 5.70. The zero-order chi connectivity index (χ0) is 15.4. The van der Waals surface area contributed by atoms with Crippen LogP contribution in [0.1, 0.15) is 11.5 Å². The molecule has 0 bridgehead atoms. The van der Waals surface area contributed by atoms with Gasteiger partial charge in [-0.3, -0.25) is 0 Å². The fourth-order valence-corrected chi connectivity index (χ4v) is 2.01. The number of ether oxygens (including phenoxy) is 1. The van der Waals surface area contributed by atoms with Crippen molar-refractivity contribution in [3.8, 4) is 17.2 Å². The van der Waals surface area contributed by atoms with E-state index < -0.39 is 0 Å². The molecule has 110 valence electrons. The number of methoxy groups -OCH3 is 1. The summed E-state index contributed by atoms with van der Waals surface area (Å²) in [5, 5.41) is 7.84. The molecule has 0 fully saturated rings. The second-order valence-electron chi connectivity index (χ2n) is 4.53. The van der Waals surface area contributed by atoms with Crippen molar-refractivity contribution in [2.75, 3.05) is 7.11 Å². The summed E-state index contributed by atoms with van der Waals surface area (Å²) in [4.78, 5) is 0. The lowest BCUT2D eigenvalue weighted by atomic mass is 10.2. The Labute approximate surface area is 126 Å². The highest BCUT2D eigenvalue weighted by Crippen LogP contribution is 2.22. The average Bonchev–Trinajstić information content (AvgIpc) is 3.02. The number of aromatic nitrogens is 2. The molecule has 3 aromatic rings. The van der Waals surface area contributed by atoms with Crippen LogP contribution in [-0.4, -0.2) is 17.3 Å². The third-order valence-electron chi connectivity index (χ3n) is 3.06. The number of rotatable bonds is 4. The van der Waals surface area contributed by atoms with Crippen molar-refractivity contribution >= 4 is 12.2 Å². The normalized spacial score (nSPS) is 11.0. The molecule has 0 N–H and O–H groups in total. The molecule has 4 nitrogen and oxygen atoms in total. The Hall–Kier alpha value is -2.95. The van der Waals surface area contributed by atoms with Crippen molar-refractivity contribution in [1.29, 1.82) is 0 Å². The minimum Gasteiger partial charge on any atom is -0.496 e. The lowest BCUT2D eigenvalue weighted by Crippen LogP contribution is -1.85. The van der Waals surface area contributed by atoms with Gasteiger partial charge in [0.05, 0.1) is 7.11 Å². The summed E-state index contributed by atoms with van der Waals surface area (Å²) in [6.45, 7) is 0. The highest BCUT2D eigenvalue weighted by Gasteiger charge is 2.07. The number of hydrogen-bond donors (Lipinski definition) is 0. The van der Waals surface area contributed by atoms with Crippen LogP contribution in [0.4, 0.5) is 4.39 Å². The zero-order valence-corrected chi connectivity index (χ0v) is 11.9. The van der Waals surface area contributed by atoms with Crippen LogP contribution in [0, 0.1) is 5.82 Å². The van der Waals surface area contributed by atoms with Crippen molar-refractivity contribution in [3.63, 3.8) is 0 Å². The summed E-state index contributed by atoms with van der Waals surface area (Å²) in [7, 11) is 1.61. The van der Waals surface area contributed by atoms with Crippen LogP contribution in [-0.2, 0) is 0 Å². The molecule has 1 heterocycles. The molecule has 22 heavy (non-hydrogen) atoms. The first-order valence-corrected chi connectivity index (χ1v) is 6.67. The molecule has 0 spiro atoms. The summed E-state index contributed by atoms with van der Waals surface area (Å²) in [5.74, 6) is 1.02. The van der Waals surface area contributed by atoms with Crippen LogP contribution in [0.25, 0.3) is 23.6 Å². The molecule has 0 aliphatic rings. The quantitative estimate of drug-likeness (QED) is 0.728. The minimum atomic E-state index is -0.346. The van der Waals surface area contributed by atoms with Gasteiger partial charge in [0.2, 0.25) is 11.8 Å². The SMILES string of the molecule is COc1ccccc1/C=C/c1nnc(-c2cccc(F)c2)o1. The van der Waals surface area contributed by atoms with E-state index >= 15 is 0 Å². The third kappa shape index (κ3) is 3.03. The number of halogens is 1. The molecule has 5 heteroatoms. The van der Waals surface area contributed by atoms with Crippen LogP contribution >= 0.6 is 0 Å². The Morgan fingerprint density at radius 2 is 1.91 bits per heavy atom. The van der Waals surface area contributed by atoms with Crippen LogP contribution in [0.15, 0.2) is 52.9 Å². The van der Waals surface area contributed by atoms with E-state index in [1.165, 1.54) is 12.1 Å². The van der Waals surface area contributed by atoms with E-state index in [-0.39, 0.29) is 11.7 Å². The average molecular weight is 296 g/mol. The van der Waals surface area contributed by atoms with Crippen LogP contribution in [0.5, 0.6) is 5.75 Å². The summed E-state index contributed by atoms with van der Waals surface area (Å²) in [6.07, 6.45) is 3.51. The number of hydrogen-bond acceptors (Lipinski definition) is 4. The molecule has 1 aromatic heterocycles. The van der Waals surface area contributed by atoms with Crippen LogP contribution in [0.2, 0.25) is 0 Å². The van der Waals surface area contributed by atoms with Gasteiger partial charge < -0.3 is 9.15 Å². The van der Waals surface area contributed by atoms with E-state index in [0.717, 1.165) is 11.3 Å². The molecular formula is C17H13FN2O2. The van der Waals surface area contributed by atoms with Gasteiger partial charge in [-0.25, -0.2) is 4.39 Å². The van der Waals surface area contributed by atoms with E-state index in [9.17, 15) is 4.39 Å². The number of nitrogens with zero attached hydrogens (tertiary/aromatic N) is 2. The lowest BCUT2D eigenvalue weighted by molar-refractivity contribution is 0.414. The molecule has 0 saturated heterocycles. The van der Waals surface area contributed by atoms with E-state index in [2.05, 4.69) is 10.2 Å². The van der Waals surface area contributed by atoms with Gasteiger partial charge in [0.15, 0.2) is 0 Å². The smallest absolute Gasteiger partial charge is 0.248 e.